The zero-order valence-electron chi connectivity index (χ0n) is 12.3. The average molecular weight is 281 g/mol. The second-order valence-corrected chi connectivity index (χ2v) is 5.21. The molecule has 112 valence electrons. The minimum absolute atomic E-state index is 0.0856. The van der Waals surface area contributed by atoms with Crippen LogP contribution in [0.2, 0.25) is 0 Å². The molecule has 0 aliphatic carbocycles. The second-order valence-electron chi connectivity index (χ2n) is 5.21. The summed E-state index contributed by atoms with van der Waals surface area (Å²) in [6.07, 6.45) is 0. The molecule has 7 heteroatoms. The number of nitrogens with zero attached hydrogens (tertiary/aromatic N) is 3. The molecule has 0 spiro atoms. The lowest BCUT2D eigenvalue weighted by Gasteiger charge is -2.29. The summed E-state index contributed by atoms with van der Waals surface area (Å²) in [4.78, 5) is 14.2. The second kappa shape index (κ2) is 6.71. The van der Waals surface area contributed by atoms with Crippen LogP contribution in [0.5, 0.6) is 0 Å². The van der Waals surface area contributed by atoms with Crippen LogP contribution in [0.25, 0.3) is 0 Å². The summed E-state index contributed by atoms with van der Waals surface area (Å²) < 4.78 is 6.96. The third kappa shape index (κ3) is 4.21. The normalized spacial score (nSPS) is 17.8. The van der Waals surface area contributed by atoms with E-state index in [-0.39, 0.29) is 12.1 Å². The van der Waals surface area contributed by atoms with E-state index >= 15 is 0 Å². The Morgan fingerprint density at radius 2 is 2.20 bits per heavy atom. The molecule has 2 N–H and O–H groups in total. The molecule has 1 fully saturated rings. The number of rotatable bonds is 4. The summed E-state index contributed by atoms with van der Waals surface area (Å²) >= 11 is 0. The predicted molar refractivity (Wildman–Crippen MR) is 76.8 cm³/mol. The van der Waals surface area contributed by atoms with Gasteiger partial charge in [0.25, 0.3) is 0 Å². The maximum atomic E-state index is 11.9. The number of carbonyl (C=O) groups is 1. The first-order valence-electron chi connectivity index (χ1n) is 6.93. The first kappa shape index (κ1) is 14.8. The quantitative estimate of drug-likeness (QED) is 0.846. The number of urea groups is 1. The van der Waals surface area contributed by atoms with Gasteiger partial charge in [-0.2, -0.15) is 5.10 Å². The van der Waals surface area contributed by atoms with Gasteiger partial charge in [0.2, 0.25) is 0 Å². The van der Waals surface area contributed by atoms with Gasteiger partial charge in [-0.3, -0.25) is 14.9 Å². The van der Waals surface area contributed by atoms with E-state index in [4.69, 9.17) is 4.74 Å². The smallest absolute Gasteiger partial charge is 0.320 e. The number of aryl methyl sites for hydroxylation is 2. The molecule has 1 aliphatic heterocycles. The lowest BCUT2D eigenvalue weighted by Crippen LogP contribution is -2.47. The molecule has 0 bridgehead atoms. The summed E-state index contributed by atoms with van der Waals surface area (Å²) in [5.74, 6) is 0.693. The highest BCUT2D eigenvalue weighted by Crippen LogP contribution is 2.07. The number of amides is 2. The Balaban J connectivity index is 1.77. The van der Waals surface area contributed by atoms with E-state index in [2.05, 4.69) is 20.6 Å². The van der Waals surface area contributed by atoms with Gasteiger partial charge in [-0.1, -0.05) is 0 Å². The van der Waals surface area contributed by atoms with Crippen molar-refractivity contribution in [3.05, 3.63) is 11.8 Å². The first-order valence-corrected chi connectivity index (χ1v) is 6.93. The zero-order chi connectivity index (χ0) is 14.5. The molecule has 2 heterocycles. The van der Waals surface area contributed by atoms with E-state index in [1.807, 2.05) is 19.9 Å². The molecule has 1 saturated heterocycles. The summed E-state index contributed by atoms with van der Waals surface area (Å²) in [6.45, 7) is 8.12. The van der Waals surface area contributed by atoms with E-state index in [9.17, 15) is 4.79 Å². The topological polar surface area (TPSA) is 71.4 Å². The Labute approximate surface area is 119 Å². The molecule has 0 aromatic carbocycles. The molecule has 0 unspecified atom stereocenters. The monoisotopic (exact) mass is 281 g/mol. The Kier molecular flexibility index (Phi) is 4.97. The Hall–Kier alpha value is -1.60. The van der Waals surface area contributed by atoms with Crippen LogP contribution in [0.3, 0.4) is 0 Å². The Bertz CT molecular complexity index is 454. The van der Waals surface area contributed by atoms with Crippen LogP contribution in [0.1, 0.15) is 12.6 Å². The van der Waals surface area contributed by atoms with Crippen molar-refractivity contribution < 1.29 is 9.53 Å². The number of nitrogens with one attached hydrogen (secondary N) is 2. The predicted octanol–water partition coefficient (Wildman–Crippen LogP) is 0.571. The highest BCUT2D eigenvalue weighted by molar-refractivity contribution is 5.88. The lowest BCUT2D eigenvalue weighted by molar-refractivity contribution is 0.0350. The van der Waals surface area contributed by atoms with E-state index < -0.39 is 0 Å². The van der Waals surface area contributed by atoms with Crippen LogP contribution in [-0.2, 0) is 11.8 Å². The number of hydrogen-bond acceptors (Lipinski definition) is 4. The van der Waals surface area contributed by atoms with Crippen molar-refractivity contribution in [1.29, 1.82) is 0 Å². The number of hydrogen-bond donors (Lipinski definition) is 2. The number of aromatic nitrogens is 2. The molecule has 0 saturated carbocycles. The summed E-state index contributed by atoms with van der Waals surface area (Å²) in [5, 5.41) is 9.93. The molecule has 1 aliphatic rings. The molecular formula is C13H23N5O2. The van der Waals surface area contributed by atoms with Crippen LogP contribution < -0.4 is 10.6 Å². The average Bonchev–Trinajstić information content (AvgIpc) is 2.68. The number of ether oxygens (including phenoxy) is 1. The summed E-state index contributed by atoms with van der Waals surface area (Å²) in [6, 6.07) is 1.72. The zero-order valence-corrected chi connectivity index (χ0v) is 12.3. The van der Waals surface area contributed by atoms with Crippen molar-refractivity contribution in [3.8, 4) is 0 Å². The van der Waals surface area contributed by atoms with Crippen molar-refractivity contribution in [3.63, 3.8) is 0 Å². The van der Waals surface area contributed by atoms with Crippen LogP contribution in [0.4, 0.5) is 10.6 Å². The van der Waals surface area contributed by atoms with E-state index in [0.29, 0.717) is 5.82 Å². The minimum Gasteiger partial charge on any atom is -0.379 e. The Morgan fingerprint density at radius 1 is 1.50 bits per heavy atom. The fourth-order valence-electron chi connectivity index (χ4n) is 2.32. The maximum Gasteiger partial charge on any atom is 0.320 e. The van der Waals surface area contributed by atoms with E-state index in [1.54, 1.807) is 11.7 Å². The van der Waals surface area contributed by atoms with Crippen LogP contribution in [0, 0.1) is 6.92 Å². The van der Waals surface area contributed by atoms with Gasteiger partial charge in [-0.05, 0) is 13.8 Å². The SMILES string of the molecule is Cc1cc(NC(=O)N[C@H](C)CN2CCOCC2)n(C)n1. The number of carbonyl (C=O) groups excluding carboxylic acids is 1. The fraction of sp³-hybridized carbons (Fsp3) is 0.692. The summed E-state index contributed by atoms with van der Waals surface area (Å²) in [5.41, 5.74) is 0.879. The van der Waals surface area contributed by atoms with Crippen LogP contribution in [-0.4, -0.2) is 59.6 Å². The van der Waals surface area contributed by atoms with Gasteiger partial charge in [0.15, 0.2) is 0 Å². The van der Waals surface area contributed by atoms with Gasteiger partial charge in [0, 0.05) is 38.8 Å². The standard InChI is InChI=1S/C13H23N5O2/c1-10-8-12(17(3)16-10)15-13(19)14-11(2)9-18-4-6-20-7-5-18/h8,11H,4-7,9H2,1-3H3,(H2,14,15,19)/t11-/m1/s1. The van der Waals surface area contributed by atoms with Gasteiger partial charge in [-0.25, -0.2) is 4.79 Å². The molecule has 1 aromatic rings. The van der Waals surface area contributed by atoms with Crippen molar-refractivity contribution >= 4 is 11.8 Å². The van der Waals surface area contributed by atoms with Gasteiger partial charge in [0.05, 0.1) is 18.9 Å². The highest BCUT2D eigenvalue weighted by atomic mass is 16.5. The van der Waals surface area contributed by atoms with Gasteiger partial charge < -0.3 is 10.1 Å². The fourth-order valence-corrected chi connectivity index (χ4v) is 2.32. The third-order valence-electron chi connectivity index (χ3n) is 3.26. The summed E-state index contributed by atoms with van der Waals surface area (Å²) in [7, 11) is 1.81. The minimum atomic E-state index is -0.200. The molecular weight excluding hydrogens is 258 g/mol. The molecule has 1 atom stereocenters. The van der Waals surface area contributed by atoms with Gasteiger partial charge in [0.1, 0.15) is 5.82 Å². The van der Waals surface area contributed by atoms with Crippen molar-refractivity contribution in [2.24, 2.45) is 7.05 Å². The van der Waals surface area contributed by atoms with Crippen molar-refractivity contribution in [2.45, 2.75) is 19.9 Å². The van der Waals surface area contributed by atoms with Crippen molar-refractivity contribution in [1.82, 2.24) is 20.0 Å². The van der Waals surface area contributed by atoms with E-state index in [1.165, 1.54) is 0 Å². The highest BCUT2D eigenvalue weighted by Gasteiger charge is 2.15. The largest absolute Gasteiger partial charge is 0.379 e. The molecule has 2 amide bonds. The lowest BCUT2D eigenvalue weighted by atomic mass is 10.3. The van der Waals surface area contributed by atoms with Crippen molar-refractivity contribution in [2.75, 3.05) is 38.2 Å². The third-order valence-corrected chi connectivity index (χ3v) is 3.26. The van der Waals surface area contributed by atoms with Crippen LogP contribution >= 0.6 is 0 Å². The number of morpholine rings is 1. The molecule has 0 radical (unpaired) electrons. The number of anilines is 1. The molecule has 2 rings (SSSR count). The van der Waals surface area contributed by atoms with E-state index in [0.717, 1.165) is 38.5 Å². The first-order chi connectivity index (χ1) is 9.54. The Morgan fingerprint density at radius 3 is 2.80 bits per heavy atom. The van der Waals surface area contributed by atoms with Gasteiger partial charge >= 0.3 is 6.03 Å². The van der Waals surface area contributed by atoms with Gasteiger partial charge in [-0.15, -0.1) is 0 Å². The molecule has 1 aromatic heterocycles. The maximum absolute atomic E-state index is 11.9. The van der Waals surface area contributed by atoms with Crippen LogP contribution in [0.15, 0.2) is 6.07 Å². The molecule has 20 heavy (non-hydrogen) atoms. The molecule has 7 nitrogen and oxygen atoms in total.